The van der Waals surface area contributed by atoms with Gasteiger partial charge < -0.3 is 4.74 Å². The number of rotatable bonds is 5. The highest BCUT2D eigenvalue weighted by atomic mass is 19.1. The molecule has 0 N–H and O–H groups in total. The fourth-order valence-corrected chi connectivity index (χ4v) is 6.71. The van der Waals surface area contributed by atoms with Gasteiger partial charge in [0.05, 0.1) is 23.7 Å². The first kappa shape index (κ1) is 25.7. The van der Waals surface area contributed by atoms with Gasteiger partial charge in [-0.2, -0.15) is 5.10 Å². The van der Waals surface area contributed by atoms with E-state index in [0.29, 0.717) is 25.7 Å². The number of hydrogen-bond donors (Lipinski definition) is 0. The number of ether oxygens (including phenoxy) is 1. The number of nitrogens with zero attached hydrogens (tertiary/aromatic N) is 4. The third-order valence-electron chi connectivity index (χ3n) is 8.67. The molecule has 204 valence electrons. The van der Waals surface area contributed by atoms with Crippen molar-refractivity contribution in [3.63, 3.8) is 0 Å². The largest absolute Gasteiger partial charge is 0.348 e. The number of amides is 4. The van der Waals surface area contributed by atoms with Gasteiger partial charge in [-0.15, -0.1) is 0 Å². The van der Waals surface area contributed by atoms with Crippen molar-refractivity contribution in [2.45, 2.75) is 71.0 Å². The Bertz CT molecular complexity index is 1400. The lowest BCUT2D eigenvalue weighted by molar-refractivity contribution is -0.185. The highest BCUT2D eigenvalue weighted by Crippen LogP contribution is 2.54. The molecule has 4 amide bonds. The van der Waals surface area contributed by atoms with Crippen LogP contribution in [0.25, 0.3) is 11.8 Å². The van der Waals surface area contributed by atoms with E-state index in [2.05, 4.69) is 18.1 Å². The normalized spacial score (nSPS) is 25.7. The molecular formula is C30H33FN4O4. The Morgan fingerprint density at radius 2 is 1.72 bits per heavy atom. The van der Waals surface area contributed by atoms with E-state index < -0.39 is 29.6 Å². The standard InChI is InChI=1S/C30H33FN4O4/c1-4-14-33-26(36)30(27(37)34(15-5-2)28(33)38)13-12-23-25(39-30)11-6-20-16-24-19(17-29(20,23)3)18-32-35(24)22-9-7-21(31)8-10-22/h7-10,12,16,18,25H,4-6,11,13-15,17H2,1-3H3. The van der Waals surface area contributed by atoms with Gasteiger partial charge in [0.25, 0.3) is 11.8 Å². The summed E-state index contributed by atoms with van der Waals surface area (Å²) in [7, 11) is 0. The summed E-state index contributed by atoms with van der Waals surface area (Å²) in [5.41, 5.74) is 3.15. The van der Waals surface area contributed by atoms with Crippen LogP contribution in [-0.2, 0) is 20.7 Å². The monoisotopic (exact) mass is 532 g/mol. The van der Waals surface area contributed by atoms with Crippen LogP contribution in [0.3, 0.4) is 0 Å². The quantitative estimate of drug-likeness (QED) is 0.407. The molecule has 1 saturated carbocycles. The van der Waals surface area contributed by atoms with E-state index in [1.165, 1.54) is 27.5 Å². The molecule has 2 unspecified atom stereocenters. The number of halogens is 1. The number of carbonyl (C=O) groups is 3. The minimum absolute atomic E-state index is 0.106. The summed E-state index contributed by atoms with van der Waals surface area (Å²) < 4.78 is 21.9. The van der Waals surface area contributed by atoms with Crippen LogP contribution in [0.15, 0.2) is 47.7 Å². The zero-order valence-electron chi connectivity index (χ0n) is 22.6. The Morgan fingerprint density at radius 3 is 2.36 bits per heavy atom. The fraction of sp³-hybridized carbons (Fsp3) is 0.467. The number of imide groups is 2. The minimum Gasteiger partial charge on any atom is -0.348 e. The number of hydrogen-bond acceptors (Lipinski definition) is 5. The zero-order valence-corrected chi connectivity index (χ0v) is 22.6. The Morgan fingerprint density at radius 1 is 1.05 bits per heavy atom. The smallest absolute Gasteiger partial charge is 0.333 e. The molecule has 3 heterocycles. The molecule has 9 heteroatoms. The Kier molecular flexibility index (Phi) is 6.10. The predicted octanol–water partition coefficient (Wildman–Crippen LogP) is 4.82. The van der Waals surface area contributed by atoms with Crippen molar-refractivity contribution in [2.24, 2.45) is 5.41 Å². The molecule has 2 fully saturated rings. The summed E-state index contributed by atoms with van der Waals surface area (Å²) in [5, 5.41) is 4.60. The lowest BCUT2D eigenvalue weighted by atomic mass is 9.60. The Labute approximate surface area is 227 Å². The van der Waals surface area contributed by atoms with Gasteiger partial charge in [-0.05, 0) is 73.6 Å². The molecule has 39 heavy (non-hydrogen) atoms. The molecule has 4 aliphatic rings. The van der Waals surface area contributed by atoms with Gasteiger partial charge >= 0.3 is 6.03 Å². The molecule has 1 saturated heterocycles. The van der Waals surface area contributed by atoms with Crippen LogP contribution >= 0.6 is 0 Å². The van der Waals surface area contributed by atoms with Crippen molar-refractivity contribution in [3.8, 4) is 5.69 Å². The summed E-state index contributed by atoms with van der Waals surface area (Å²) in [5.74, 6) is -1.37. The number of barbiturate groups is 1. The highest BCUT2D eigenvalue weighted by Gasteiger charge is 2.61. The maximum atomic E-state index is 13.7. The number of aromatic nitrogens is 2. The van der Waals surface area contributed by atoms with Crippen LogP contribution in [-0.4, -0.2) is 62.2 Å². The molecule has 1 spiro atoms. The van der Waals surface area contributed by atoms with E-state index in [1.807, 2.05) is 30.8 Å². The second-order valence-corrected chi connectivity index (χ2v) is 11.2. The van der Waals surface area contributed by atoms with Crippen LogP contribution < -0.4 is 0 Å². The van der Waals surface area contributed by atoms with Crippen molar-refractivity contribution in [1.29, 1.82) is 0 Å². The third-order valence-corrected chi connectivity index (χ3v) is 8.67. The van der Waals surface area contributed by atoms with Crippen LogP contribution in [0.4, 0.5) is 9.18 Å². The van der Waals surface area contributed by atoms with E-state index in [9.17, 15) is 18.8 Å². The van der Waals surface area contributed by atoms with Gasteiger partial charge in [-0.3, -0.25) is 19.4 Å². The van der Waals surface area contributed by atoms with Crippen molar-refractivity contribution in [3.05, 3.63) is 64.8 Å². The van der Waals surface area contributed by atoms with E-state index in [0.717, 1.165) is 28.9 Å². The molecular weight excluding hydrogens is 499 g/mol. The molecule has 0 radical (unpaired) electrons. The van der Waals surface area contributed by atoms with Crippen LogP contribution in [0, 0.1) is 11.2 Å². The van der Waals surface area contributed by atoms with E-state index in [4.69, 9.17) is 4.74 Å². The van der Waals surface area contributed by atoms with Gasteiger partial charge in [0.2, 0.25) is 5.60 Å². The van der Waals surface area contributed by atoms with E-state index >= 15 is 0 Å². The Balaban J connectivity index is 1.35. The number of fused-ring (bicyclic) bond motifs is 4. The van der Waals surface area contributed by atoms with Crippen LogP contribution in [0.1, 0.15) is 64.1 Å². The minimum atomic E-state index is -1.70. The van der Waals surface area contributed by atoms with Gasteiger partial charge in [0, 0.05) is 24.9 Å². The topological polar surface area (TPSA) is 84.7 Å². The Hall–Kier alpha value is -3.59. The number of allylic oxidation sites excluding steroid dienone is 1. The number of carbonyl (C=O) groups excluding carboxylic acids is 3. The summed E-state index contributed by atoms with van der Waals surface area (Å²) in [6, 6.07) is 5.75. The molecule has 0 bridgehead atoms. The first-order valence-electron chi connectivity index (χ1n) is 13.8. The highest BCUT2D eigenvalue weighted by molar-refractivity contribution is 6.21. The molecule has 2 atom stereocenters. The molecule has 8 nitrogen and oxygen atoms in total. The summed E-state index contributed by atoms with van der Waals surface area (Å²) in [4.78, 5) is 42.8. The van der Waals surface area contributed by atoms with Crippen molar-refractivity contribution < 1.29 is 23.5 Å². The van der Waals surface area contributed by atoms with Crippen molar-refractivity contribution in [2.75, 3.05) is 13.1 Å². The first-order valence-corrected chi connectivity index (χ1v) is 13.8. The van der Waals surface area contributed by atoms with Crippen LogP contribution in [0.2, 0.25) is 0 Å². The molecule has 2 aliphatic carbocycles. The number of benzene rings is 1. The maximum Gasteiger partial charge on any atom is 0.333 e. The third kappa shape index (κ3) is 3.73. The van der Waals surface area contributed by atoms with Gasteiger partial charge in [-0.25, -0.2) is 13.9 Å². The molecule has 6 rings (SSSR count). The van der Waals surface area contributed by atoms with E-state index in [1.54, 1.807) is 12.1 Å². The fourth-order valence-electron chi connectivity index (χ4n) is 6.71. The average Bonchev–Trinajstić information content (AvgIpc) is 3.33. The zero-order chi connectivity index (χ0) is 27.5. The molecule has 2 aromatic rings. The van der Waals surface area contributed by atoms with Gasteiger partial charge in [-0.1, -0.05) is 32.4 Å². The maximum absolute atomic E-state index is 13.7. The lowest BCUT2D eigenvalue weighted by Crippen LogP contribution is -2.71. The van der Waals surface area contributed by atoms with Gasteiger partial charge in [0.15, 0.2) is 0 Å². The summed E-state index contributed by atoms with van der Waals surface area (Å²) in [6.45, 7) is 6.50. The van der Waals surface area contributed by atoms with Crippen molar-refractivity contribution in [1.82, 2.24) is 19.6 Å². The summed E-state index contributed by atoms with van der Waals surface area (Å²) in [6.07, 6.45) is 9.05. The summed E-state index contributed by atoms with van der Waals surface area (Å²) >= 11 is 0. The number of urea groups is 1. The molecule has 1 aromatic heterocycles. The lowest BCUT2D eigenvalue weighted by Gasteiger charge is -2.52. The van der Waals surface area contributed by atoms with Crippen molar-refractivity contribution >= 4 is 23.9 Å². The second-order valence-electron chi connectivity index (χ2n) is 11.2. The SMILES string of the molecule is CCCN1C(=O)N(CCC)C(=O)C2(CC=C3C(CCC4=Cc5c(cnn5-c5ccc(F)cc5)CC43C)O2)C1=O. The molecule has 2 aliphatic heterocycles. The average molecular weight is 533 g/mol. The van der Waals surface area contributed by atoms with Crippen LogP contribution in [0.5, 0.6) is 0 Å². The molecule has 1 aromatic carbocycles. The van der Waals surface area contributed by atoms with E-state index in [-0.39, 0.29) is 30.7 Å². The van der Waals surface area contributed by atoms with Gasteiger partial charge in [0.1, 0.15) is 5.82 Å². The second kappa shape index (κ2) is 9.26. The first-order chi connectivity index (χ1) is 18.7. The predicted molar refractivity (Wildman–Crippen MR) is 142 cm³/mol.